The lowest BCUT2D eigenvalue weighted by molar-refractivity contribution is -0.113. The van der Waals surface area contributed by atoms with Gasteiger partial charge in [-0.3, -0.25) is 4.79 Å². The van der Waals surface area contributed by atoms with Crippen LogP contribution in [-0.4, -0.2) is 26.6 Å². The fraction of sp³-hybridized carbons (Fsp3) is 0.235. The third-order valence-electron chi connectivity index (χ3n) is 3.17. The minimum Gasteiger partial charge on any atom is -0.325 e. The Kier molecular flexibility index (Phi) is 6.98. The van der Waals surface area contributed by atoms with E-state index in [1.54, 1.807) is 24.3 Å². The topological polar surface area (TPSA) is 75.3 Å². The molecule has 0 radical (unpaired) electrons. The summed E-state index contributed by atoms with van der Waals surface area (Å²) < 4.78 is 39.3. The molecule has 134 valence electrons. The smallest absolute Gasteiger partial charge is 0.240 e. The number of halogens is 1. The highest BCUT2D eigenvalue weighted by Gasteiger charge is 2.13. The average molecular weight is 382 g/mol. The first-order valence-corrected chi connectivity index (χ1v) is 10.2. The zero-order chi connectivity index (χ0) is 18.3. The van der Waals surface area contributed by atoms with Crippen LogP contribution in [0.1, 0.15) is 13.3 Å². The summed E-state index contributed by atoms with van der Waals surface area (Å²) in [7, 11) is -3.51. The lowest BCUT2D eigenvalue weighted by Crippen LogP contribution is -2.24. The van der Waals surface area contributed by atoms with E-state index in [0.717, 1.165) is 4.90 Å². The van der Waals surface area contributed by atoms with Crippen molar-refractivity contribution in [2.45, 2.75) is 23.1 Å². The van der Waals surface area contributed by atoms with Crippen LogP contribution >= 0.6 is 11.8 Å². The van der Waals surface area contributed by atoms with E-state index in [1.807, 2.05) is 6.92 Å². The molecule has 0 atom stereocenters. The second kappa shape index (κ2) is 8.98. The van der Waals surface area contributed by atoms with Gasteiger partial charge < -0.3 is 5.32 Å². The van der Waals surface area contributed by atoms with Crippen LogP contribution in [0.15, 0.2) is 58.3 Å². The van der Waals surface area contributed by atoms with Crippen LogP contribution < -0.4 is 10.0 Å². The van der Waals surface area contributed by atoms with Crippen molar-refractivity contribution in [1.29, 1.82) is 0 Å². The molecule has 0 saturated heterocycles. The van der Waals surface area contributed by atoms with Crippen molar-refractivity contribution < 1.29 is 17.6 Å². The molecule has 8 heteroatoms. The second-order valence-electron chi connectivity index (χ2n) is 5.21. The van der Waals surface area contributed by atoms with Gasteiger partial charge in [0.25, 0.3) is 0 Å². The van der Waals surface area contributed by atoms with E-state index in [-0.39, 0.29) is 22.4 Å². The first-order chi connectivity index (χ1) is 11.9. The Bertz CT molecular complexity index is 807. The van der Waals surface area contributed by atoms with Crippen molar-refractivity contribution in [2.75, 3.05) is 17.6 Å². The summed E-state index contributed by atoms with van der Waals surface area (Å²) in [6.07, 6.45) is 0.707. The molecular weight excluding hydrogens is 363 g/mol. The summed E-state index contributed by atoms with van der Waals surface area (Å²) in [5.41, 5.74) is 0.513. The summed E-state index contributed by atoms with van der Waals surface area (Å²) >= 11 is 1.29. The number of nitrogens with one attached hydrogen (secondary N) is 2. The van der Waals surface area contributed by atoms with E-state index in [9.17, 15) is 17.6 Å². The van der Waals surface area contributed by atoms with Crippen molar-refractivity contribution in [3.8, 4) is 0 Å². The Morgan fingerprint density at radius 1 is 1.08 bits per heavy atom. The van der Waals surface area contributed by atoms with Crippen LogP contribution in [0.3, 0.4) is 0 Å². The van der Waals surface area contributed by atoms with Gasteiger partial charge in [-0.1, -0.05) is 6.92 Å². The lowest BCUT2D eigenvalue weighted by Gasteiger charge is -2.08. The molecule has 25 heavy (non-hydrogen) atoms. The zero-order valence-corrected chi connectivity index (χ0v) is 15.3. The second-order valence-corrected chi connectivity index (χ2v) is 8.03. The Morgan fingerprint density at radius 2 is 1.72 bits per heavy atom. The summed E-state index contributed by atoms with van der Waals surface area (Å²) in [6.45, 7) is 2.26. The van der Waals surface area contributed by atoms with E-state index in [2.05, 4.69) is 10.0 Å². The van der Waals surface area contributed by atoms with Gasteiger partial charge in [0, 0.05) is 17.1 Å². The van der Waals surface area contributed by atoms with Gasteiger partial charge in [0.05, 0.1) is 10.6 Å². The molecule has 0 unspecified atom stereocenters. The molecule has 2 aromatic rings. The molecule has 2 N–H and O–H groups in total. The number of thioether (sulfide) groups is 1. The minimum atomic E-state index is -3.51. The molecular formula is C17H19FN2O3S2. The van der Waals surface area contributed by atoms with Crippen molar-refractivity contribution >= 4 is 33.4 Å². The summed E-state index contributed by atoms with van der Waals surface area (Å²) in [5, 5.41) is 2.70. The van der Waals surface area contributed by atoms with Crippen LogP contribution in [0.25, 0.3) is 0 Å². The van der Waals surface area contributed by atoms with Gasteiger partial charge in [0.1, 0.15) is 5.82 Å². The number of benzene rings is 2. The average Bonchev–Trinajstić information content (AvgIpc) is 2.60. The zero-order valence-electron chi connectivity index (χ0n) is 13.7. The summed E-state index contributed by atoms with van der Waals surface area (Å²) in [5.74, 6) is -0.379. The molecule has 2 rings (SSSR count). The van der Waals surface area contributed by atoms with E-state index in [1.165, 1.54) is 36.0 Å². The van der Waals surface area contributed by atoms with Gasteiger partial charge in [0.15, 0.2) is 0 Å². The van der Waals surface area contributed by atoms with Gasteiger partial charge >= 0.3 is 0 Å². The molecule has 0 aromatic heterocycles. The Morgan fingerprint density at radius 3 is 2.32 bits per heavy atom. The van der Waals surface area contributed by atoms with Crippen molar-refractivity contribution in [2.24, 2.45) is 0 Å². The maximum Gasteiger partial charge on any atom is 0.240 e. The molecule has 0 bridgehead atoms. The number of carbonyl (C=O) groups excluding carboxylic acids is 1. The maximum absolute atomic E-state index is 12.8. The van der Waals surface area contributed by atoms with Gasteiger partial charge in [-0.15, -0.1) is 11.8 Å². The van der Waals surface area contributed by atoms with Gasteiger partial charge in [-0.2, -0.15) is 0 Å². The van der Waals surface area contributed by atoms with Gasteiger partial charge in [0.2, 0.25) is 15.9 Å². The first-order valence-electron chi connectivity index (χ1n) is 7.68. The largest absolute Gasteiger partial charge is 0.325 e. The number of carbonyl (C=O) groups is 1. The predicted octanol–water partition coefficient (Wildman–Crippen LogP) is 3.24. The third-order valence-corrected chi connectivity index (χ3v) is 5.66. The quantitative estimate of drug-likeness (QED) is 0.687. The highest BCUT2D eigenvalue weighted by molar-refractivity contribution is 8.00. The lowest BCUT2D eigenvalue weighted by atomic mass is 10.3. The van der Waals surface area contributed by atoms with Crippen LogP contribution in [0.2, 0.25) is 0 Å². The normalized spacial score (nSPS) is 11.3. The molecule has 5 nitrogen and oxygen atoms in total. The monoisotopic (exact) mass is 382 g/mol. The summed E-state index contributed by atoms with van der Waals surface area (Å²) in [6, 6.07) is 11.9. The third kappa shape index (κ3) is 6.15. The van der Waals surface area contributed by atoms with E-state index in [0.29, 0.717) is 18.7 Å². The SMILES string of the molecule is CCCNS(=O)(=O)c1ccc(NC(=O)CSc2ccc(F)cc2)cc1. The predicted molar refractivity (Wildman–Crippen MR) is 97.7 cm³/mol. The first kappa shape index (κ1) is 19.4. The van der Waals surface area contributed by atoms with Crippen LogP contribution in [0, 0.1) is 5.82 Å². The fourth-order valence-electron chi connectivity index (χ4n) is 1.91. The highest BCUT2D eigenvalue weighted by atomic mass is 32.2. The van der Waals surface area contributed by atoms with Crippen LogP contribution in [-0.2, 0) is 14.8 Å². The Labute approximate surface area is 151 Å². The molecule has 1 amide bonds. The van der Waals surface area contributed by atoms with E-state index in [4.69, 9.17) is 0 Å². The molecule has 0 aliphatic heterocycles. The summed E-state index contributed by atoms with van der Waals surface area (Å²) in [4.78, 5) is 12.9. The van der Waals surface area contributed by atoms with Crippen molar-refractivity contribution in [3.63, 3.8) is 0 Å². The van der Waals surface area contributed by atoms with Gasteiger partial charge in [-0.25, -0.2) is 17.5 Å². The Hall–Kier alpha value is -1.90. The Balaban J connectivity index is 1.89. The molecule has 0 heterocycles. The molecule has 0 aliphatic rings. The molecule has 0 fully saturated rings. The number of sulfonamides is 1. The standard InChI is InChI=1S/C17H19FN2O3S2/c1-2-11-19-25(22,23)16-9-5-14(6-10-16)20-17(21)12-24-15-7-3-13(18)4-8-15/h3-10,19H,2,11-12H2,1H3,(H,20,21). The molecule has 2 aromatic carbocycles. The number of amides is 1. The number of hydrogen-bond donors (Lipinski definition) is 2. The molecule has 0 spiro atoms. The minimum absolute atomic E-state index is 0.152. The highest BCUT2D eigenvalue weighted by Crippen LogP contribution is 2.19. The van der Waals surface area contributed by atoms with Gasteiger partial charge in [-0.05, 0) is 55.0 Å². The van der Waals surface area contributed by atoms with Crippen LogP contribution in [0.4, 0.5) is 10.1 Å². The van der Waals surface area contributed by atoms with E-state index < -0.39 is 10.0 Å². The number of hydrogen-bond acceptors (Lipinski definition) is 4. The van der Waals surface area contributed by atoms with E-state index >= 15 is 0 Å². The van der Waals surface area contributed by atoms with Crippen LogP contribution in [0.5, 0.6) is 0 Å². The molecule has 0 aliphatic carbocycles. The van der Waals surface area contributed by atoms with Crippen molar-refractivity contribution in [3.05, 3.63) is 54.3 Å². The number of anilines is 1. The number of rotatable bonds is 8. The molecule has 0 saturated carbocycles. The van der Waals surface area contributed by atoms with Crippen molar-refractivity contribution in [1.82, 2.24) is 4.72 Å². The fourth-order valence-corrected chi connectivity index (χ4v) is 3.75. The maximum atomic E-state index is 12.8.